The molecule has 144 valence electrons. The van der Waals surface area contributed by atoms with Gasteiger partial charge < -0.3 is 35.5 Å². The van der Waals surface area contributed by atoms with Crippen molar-refractivity contribution in [2.75, 3.05) is 39.8 Å². The molecule has 0 aliphatic carbocycles. The number of nitrogens with one attached hydrogen (secondary N) is 1. The number of urea groups is 1. The number of carboxylic acids is 3. The fourth-order valence-electron chi connectivity index (χ4n) is 1.99. The van der Waals surface area contributed by atoms with Gasteiger partial charge in [0.25, 0.3) is 0 Å². The number of nitrogens with zero attached hydrogens (tertiary/aromatic N) is 2. The molecule has 1 aliphatic heterocycles. The van der Waals surface area contributed by atoms with E-state index in [0.29, 0.717) is 6.54 Å². The number of aliphatic hydroxyl groups is 1. The van der Waals surface area contributed by atoms with Crippen LogP contribution < -0.4 is 5.32 Å². The molecule has 0 bridgehead atoms. The van der Waals surface area contributed by atoms with Crippen molar-refractivity contribution in [2.24, 2.45) is 0 Å². The molecule has 0 unspecified atom stereocenters. The number of aliphatic carboxylic acids is 3. The van der Waals surface area contributed by atoms with Crippen LogP contribution in [0.15, 0.2) is 0 Å². The monoisotopic (exact) mass is 363 g/mol. The van der Waals surface area contributed by atoms with Crippen LogP contribution in [0.25, 0.3) is 0 Å². The van der Waals surface area contributed by atoms with E-state index in [1.807, 2.05) is 11.8 Å². The van der Waals surface area contributed by atoms with Crippen molar-refractivity contribution >= 4 is 23.9 Å². The van der Waals surface area contributed by atoms with Gasteiger partial charge in [-0.25, -0.2) is 9.59 Å². The van der Waals surface area contributed by atoms with Crippen LogP contribution in [0.1, 0.15) is 19.8 Å². The Bertz CT molecular complexity index is 472. The van der Waals surface area contributed by atoms with Gasteiger partial charge in [0.15, 0.2) is 5.60 Å². The Kier molecular flexibility index (Phi) is 9.46. The third-order valence-electron chi connectivity index (χ3n) is 3.40. The number of rotatable bonds is 6. The summed E-state index contributed by atoms with van der Waals surface area (Å²) < 4.78 is 0. The Morgan fingerprint density at radius 3 is 1.72 bits per heavy atom. The van der Waals surface area contributed by atoms with E-state index < -0.39 is 36.4 Å². The summed E-state index contributed by atoms with van der Waals surface area (Å²) in [5, 5.41) is 36.6. The van der Waals surface area contributed by atoms with Crippen molar-refractivity contribution in [3.8, 4) is 0 Å². The lowest BCUT2D eigenvalue weighted by atomic mass is 9.96. The van der Waals surface area contributed by atoms with Crippen LogP contribution in [-0.2, 0) is 14.4 Å². The first-order valence-corrected chi connectivity index (χ1v) is 7.62. The van der Waals surface area contributed by atoms with Crippen molar-refractivity contribution < 1.29 is 39.6 Å². The Morgan fingerprint density at radius 2 is 1.40 bits per heavy atom. The minimum atomic E-state index is -2.74. The predicted octanol–water partition coefficient (Wildman–Crippen LogP) is -1.29. The second-order valence-electron chi connectivity index (χ2n) is 5.60. The number of carbonyl (C=O) groups is 4. The molecule has 1 aliphatic rings. The van der Waals surface area contributed by atoms with Gasteiger partial charge in [0.2, 0.25) is 0 Å². The highest BCUT2D eigenvalue weighted by molar-refractivity contribution is 5.88. The molecule has 0 radical (unpaired) electrons. The van der Waals surface area contributed by atoms with E-state index in [1.165, 1.54) is 0 Å². The Hall–Kier alpha value is -2.40. The maximum atomic E-state index is 11.3. The first-order chi connectivity index (χ1) is 11.5. The molecule has 0 aromatic carbocycles. The lowest BCUT2D eigenvalue weighted by Gasteiger charge is -2.32. The first kappa shape index (κ1) is 22.6. The number of carboxylic acid groups (broad SMARTS) is 3. The van der Waals surface area contributed by atoms with Crippen molar-refractivity contribution in [1.82, 2.24) is 15.1 Å². The fraction of sp³-hybridized carbons (Fsp3) is 0.714. The fourth-order valence-corrected chi connectivity index (χ4v) is 1.99. The molecule has 0 saturated carbocycles. The highest BCUT2D eigenvalue weighted by Gasteiger charge is 2.40. The molecule has 0 aromatic rings. The summed E-state index contributed by atoms with van der Waals surface area (Å²) in [7, 11) is 2.08. The first-order valence-electron chi connectivity index (χ1n) is 7.62. The van der Waals surface area contributed by atoms with Gasteiger partial charge in [-0.15, -0.1) is 0 Å². The van der Waals surface area contributed by atoms with E-state index in [-0.39, 0.29) is 6.03 Å². The molecule has 0 aromatic heterocycles. The summed E-state index contributed by atoms with van der Waals surface area (Å²) in [5.74, 6) is -5.02. The highest BCUT2D eigenvalue weighted by atomic mass is 16.4. The van der Waals surface area contributed by atoms with Gasteiger partial charge in [-0.3, -0.25) is 9.59 Å². The van der Waals surface area contributed by atoms with Crippen LogP contribution in [0, 0.1) is 0 Å². The zero-order valence-corrected chi connectivity index (χ0v) is 14.3. The van der Waals surface area contributed by atoms with Crippen molar-refractivity contribution in [1.29, 1.82) is 0 Å². The summed E-state index contributed by atoms with van der Waals surface area (Å²) >= 11 is 0. The molecule has 25 heavy (non-hydrogen) atoms. The highest BCUT2D eigenvalue weighted by Crippen LogP contribution is 2.15. The topological polar surface area (TPSA) is 168 Å². The average molecular weight is 363 g/mol. The zero-order valence-electron chi connectivity index (χ0n) is 14.3. The van der Waals surface area contributed by atoms with Crippen LogP contribution >= 0.6 is 0 Å². The second-order valence-corrected chi connectivity index (χ2v) is 5.60. The van der Waals surface area contributed by atoms with Gasteiger partial charge in [0.05, 0.1) is 12.8 Å². The minimum Gasteiger partial charge on any atom is -0.481 e. The molecule has 0 spiro atoms. The molecule has 11 nitrogen and oxygen atoms in total. The molecule has 1 rings (SSSR count). The molecule has 1 heterocycles. The summed E-state index contributed by atoms with van der Waals surface area (Å²) in [5.41, 5.74) is -2.74. The number of hydrogen-bond donors (Lipinski definition) is 5. The predicted molar refractivity (Wildman–Crippen MR) is 85.2 cm³/mol. The lowest BCUT2D eigenvalue weighted by molar-refractivity contribution is -0.170. The molecule has 0 atom stereocenters. The van der Waals surface area contributed by atoms with Crippen LogP contribution in [0.4, 0.5) is 4.79 Å². The second kappa shape index (κ2) is 10.5. The van der Waals surface area contributed by atoms with Gasteiger partial charge in [-0.2, -0.15) is 0 Å². The average Bonchev–Trinajstić information content (AvgIpc) is 2.47. The van der Waals surface area contributed by atoms with Crippen LogP contribution in [-0.4, -0.2) is 99.5 Å². The smallest absolute Gasteiger partial charge is 0.336 e. The van der Waals surface area contributed by atoms with Gasteiger partial charge in [-0.05, 0) is 14.0 Å². The number of carbonyl (C=O) groups excluding carboxylic acids is 1. The maximum absolute atomic E-state index is 11.3. The summed E-state index contributed by atoms with van der Waals surface area (Å²) in [6.07, 6.45) is -2.29. The molecular weight excluding hydrogens is 338 g/mol. The van der Waals surface area contributed by atoms with E-state index in [1.54, 1.807) is 0 Å². The van der Waals surface area contributed by atoms with E-state index in [4.69, 9.17) is 20.4 Å². The molecule has 2 amide bonds. The van der Waals surface area contributed by atoms with Crippen molar-refractivity contribution in [3.05, 3.63) is 0 Å². The summed E-state index contributed by atoms with van der Waals surface area (Å²) in [6, 6.07) is 0.0746. The Morgan fingerprint density at radius 1 is 0.960 bits per heavy atom. The third kappa shape index (κ3) is 8.86. The van der Waals surface area contributed by atoms with E-state index in [0.717, 1.165) is 26.2 Å². The quantitative estimate of drug-likeness (QED) is 0.386. The summed E-state index contributed by atoms with van der Waals surface area (Å²) in [6.45, 7) is 6.32. The normalized spacial score (nSPS) is 14.9. The van der Waals surface area contributed by atoms with Gasteiger partial charge in [0, 0.05) is 32.7 Å². The molecular formula is C14H25N3O8. The van der Waals surface area contributed by atoms with E-state index in [9.17, 15) is 19.2 Å². The molecule has 1 fully saturated rings. The van der Waals surface area contributed by atoms with Crippen LogP contribution in [0.2, 0.25) is 0 Å². The lowest BCUT2D eigenvalue weighted by Crippen LogP contribution is -2.50. The number of piperazine rings is 1. The summed E-state index contributed by atoms with van der Waals surface area (Å²) in [4.78, 5) is 45.9. The van der Waals surface area contributed by atoms with Crippen molar-refractivity contribution in [3.63, 3.8) is 0 Å². The van der Waals surface area contributed by atoms with E-state index >= 15 is 0 Å². The minimum absolute atomic E-state index is 0.0746. The largest absolute Gasteiger partial charge is 0.481 e. The number of amides is 2. The molecule has 11 heteroatoms. The third-order valence-corrected chi connectivity index (χ3v) is 3.40. The Balaban J connectivity index is 0.000000462. The number of hydrogen-bond acceptors (Lipinski definition) is 6. The molecule has 5 N–H and O–H groups in total. The van der Waals surface area contributed by atoms with Gasteiger partial charge >= 0.3 is 23.9 Å². The van der Waals surface area contributed by atoms with Crippen molar-refractivity contribution in [2.45, 2.75) is 25.4 Å². The van der Waals surface area contributed by atoms with Gasteiger partial charge in [-0.1, -0.05) is 0 Å². The maximum Gasteiger partial charge on any atom is 0.336 e. The number of likely N-dealkylation sites (N-methyl/N-ethyl adjacent to an activating group) is 1. The SMILES string of the molecule is CCNC(=O)N1CCN(C)CC1.O=C(O)CC(O)(CC(=O)O)C(=O)O. The van der Waals surface area contributed by atoms with Crippen LogP contribution in [0.5, 0.6) is 0 Å². The van der Waals surface area contributed by atoms with Gasteiger partial charge in [0.1, 0.15) is 0 Å². The van der Waals surface area contributed by atoms with Crippen LogP contribution in [0.3, 0.4) is 0 Å². The zero-order chi connectivity index (χ0) is 19.6. The Labute approximate surface area is 144 Å². The standard InChI is InChI=1S/C8H17N3O.C6H8O7/c1-3-9-8(12)11-6-4-10(2)5-7-11;7-3(8)1-6(13,5(11)12)2-4(9)10/h3-7H2,1-2H3,(H,9,12);13H,1-2H2,(H,7,8)(H,9,10)(H,11,12). The van der Waals surface area contributed by atoms with E-state index in [2.05, 4.69) is 17.3 Å². The molecule has 1 saturated heterocycles.